The lowest BCUT2D eigenvalue weighted by Crippen LogP contribution is -2.44. The molecule has 0 radical (unpaired) electrons. The summed E-state index contributed by atoms with van der Waals surface area (Å²) in [4.78, 5) is 31.6. The second-order valence-corrected chi connectivity index (χ2v) is 11.0. The van der Waals surface area contributed by atoms with Gasteiger partial charge < -0.3 is 15.4 Å². The van der Waals surface area contributed by atoms with Crippen molar-refractivity contribution < 1.29 is 9.90 Å². The first-order valence-electron chi connectivity index (χ1n) is 13.1. The molecule has 0 saturated carbocycles. The van der Waals surface area contributed by atoms with Crippen molar-refractivity contribution in [2.24, 2.45) is 5.92 Å². The van der Waals surface area contributed by atoms with Crippen molar-refractivity contribution in [2.75, 3.05) is 13.1 Å². The van der Waals surface area contributed by atoms with E-state index in [1.807, 2.05) is 91.2 Å². The van der Waals surface area contributed by atoms with E-state index in [0.717, 1.165) is 47.6 Å². The van der Waals surface area contributed by atoms with Crippen LogP contribution in [0.2, 0.25) is 0 Å². The summed E-state index contributed by atoms with van der Waals surface area (Å²) < 4.78 is 0. The molecule has 38 heavy (non-hydrogen) atoms. The fourth-order valence-corrected chi connectivity index (χ4v) is 6.18. The van der Waals surface area contributed by atoms with Gasteiger partial charge in [0.1, 0.15) is 11.2 Å². The minimum Gasteiger partial charge on any atom is -0.380 e. The highest BCUT2D eigenvalue weighted by molar-refractivity contribution is 7.10. The van der Waals surface area contributed by atoms with Crippen LogP contribution in [0.25, 0.3) is 0 Å². The summed E-state index contributed by atoms with van der Waals surface area (Å²) in [5.74, 6) is -0.306. The van der Waals surface area contributed by atoms with Crippen molar-refractivity contribution in [1.29, 1.82) is 0 Å². The van der Waals surface area contributed by atoms with Crippen LogP contribution in [-0.4, -0.2) is 34.0 Å². The monoisotopic (exact) mass is 527 g/mol. The van der Waals surface area contributed by atoms with Crippen molar-refractivity contribution in [2.45, 2.75) is 38.0 Å². The zero-order valence-corrected chi connectivity index (χ0v) is 22.3. The van der Waals surface area contributed by atoms with E-state index in [1.165, 1.54) is 0 Å². The van der Waals surface area contributed by atoms with Gasteiger partial charge in [0, 0.05) is 17.1 Å². The number of carbonyl (C=O) groups excluding carboxylic acids is 1. The Morgan fingerprint density at radius 2 is 1.63 bits per heavy atom. The first kappa shape index (κ1) is 26.1. The molecule has 1 fully saturated rings. The van der Waals surface area contributed by atoms with Gasteiger partial charge in [0.2, 0.25) is 0 Å². The lowest BCUT2D eigenvalue weighted by Gasteiger charge is -2.42. The molecule has 196 valence electrons. The first-order chi connectivity index (χ1) is 18.4. The number of hydrogen-bond donors (Lipinski definition) is 3. The Bertz CT molecular complexity index is 1360. The van der Waals surface area contributed by atoms with Gasteiger partial charge in [-0.25, -0.2) is 0 Å². The number of carbonyl (C=O) groups is 1. The molecule has 0 spiro atoms. The Morgan fingerprint density at radius 1 is 1.00 bits per heavy atom. The standard InChI is InChI=1S/C31H33N3O3S/c1-22(28-13-8-20-38-28)32-29(35)27-15-14-26(33-30(27)36)21-34-18-16-25(17-19-34)31(37,23-9-4-2-5-10-23)24-11-6-3-7-12-24/h2-15,20,22,25,37H,16-19,21H2,1H3,(H,32,35)(H,33,36)/t22-/m0/s1. The van der Waals surface area contributed by atoms with E-state index in [9.17, 15) is 14.7 Å². The number of piperidine rings is 1. The Labute approximate surface area is 227 Å². The van der Waals surface area contributed by atoms with Crippen LogP contribution in [-0.2, 0) is 12.1 Å². The van der Waals surface area contributed by atoms with E-state index >= 15 is 0 Å². The number of aromatic nitrogens is 1. The molecule has 1 saturated heterocycles. The lowest BCUT2D eigenvalue weighted by molar-refractivity contribution is -0.0154. The molecule has 2 aromatic carbocycles. The maximum atomic E-state index is 12.7. The van der Waals surface area contributed by atoms with E-state index in [0.29, 0.717) is 6.54 Å². The number of H-pyrrole nitrogens is 1. The summed E-state index contributed by atoms with van der Waals surface area (Å²) in [5.41, 5.74) is 1.28. The molecule has 1 aliphatic heterocycles. The van der Waals surface area contributed by atoms with E-state index in [4.69, 9.17) is 0 Å². The number of pyridine rings is 1. The highest BCUT2D eigenvalue weighted by Gasteiger charge is 2.41. The van der Waals surface area contributed by atoms with E-state index in [2.05, 4.69) is 15.2 Å². The highest BCUT2D eigenvalue weighted by Crippen LogP contribution is 2.42. The molecule has 1 amide bonds. The van der Waals surface area contributed by atoms with Crippen LogP contribution >= 0.6 is 11.3 Å². The molecule has 3 heterocycles. The molecule has 0 aliphatic carbocycles. The number of rotatable bonds is 8. The third-order valence-corrected chi connectivity index (χ3v) is 8.59. The van der Waals surface area contributed by atoms with Gasteiger partial charge in [-0.05, 0) is 73.5 Å². The quantitative estimate of drug-likeness (QED) is 0.299. The Balaban J connectivity index is 1.24. The number of aromatic amines is 1. The molecule has 5 rings (SSSR count). The third kappa shape index (κ3) is 5.50. The predicted molar refractivity (Wildman–Crippen MR) is 151 cm³/mol. The molecule has 0 unspecified atom stereocenters. The largest absolute Gasteiger partial charge is 0.380 e. The number of amides is 1. The van der Waals surface area contributed by atoms with Crippen LogP contribution in [0.5, 0.6) is 0 Å². The van der Waals surface area contributed by atoms with Crippen LogP contribution in [0.15, 0.2) is 95.1 Å². The van der Waals surface area contributed by atoms with Crippen molar-refractivity contribution in [1.82, 2.24) is 15.2 Å². The summed E-state index contributed by atoms with van der Waals surface area (Å²) in [6.07, 6.45) is 1.65. The van der Waals surface area contributed by atoms with Gasteiger partial charge in [-0.2, -0.15) is 0 Å². The molecule has 3 N–H and O–H groups in total. The minimum atomic E-state index is -1.06. The maximum Gasteiger partial charge on any atom is 0.261 e. The molecule has 6 nitrogen and oxygen atoms in total. The highest BCUT2D eigenvalue weighted by atomic mass is 32.1. The maximum absolute atomic E-state index is 12.7. The van der Waals surface area contributed by atoms with E-state index < -0.39 is 5.60 Å². The van der Waals surface area contributed by atoms with Crippen molar-refractivity contribution in [3.8, 4) is 0 Å². The average Bonchev–Trinajstić information content (AvgIpc) is 3.49. The van der Waals surface area contributed by atoms with Gasteiger partial charge in [0.05, 0.1) is 6.04 Å². The number of benzene rings is 2. The number of aliphatic hydroxyl groups is 1. The molecular formula is C31H33N3O3S. The zero-order valence-electron chi connectivity index (χ0n) is 21.5. The lowest BCUT2D eigenvalue weighted by atomic mass is 9.72. The number of nitrogens with one attached hydrogen (secondary N) is 2. The molecule has 7 heteroatoms. The Morgan fingerprint density at radius 3 is 2.18 bits per heavy atom. The summed E-state index contributed by atoms with van der Waals surface area (Å²) in [7, 11) is 0. The first-order valence-corrected chi connectivity index (χ1v) is 14.0. The molecule has 0 bridgehead atoms. The van der Waals surface area contributed by atoms with Crippen molar-refractivity contribution in [3.63, 3.8) is 0 Å². The number of nitrogens with zero attached hydrogens (tertiary/aromatic N) is 1. The van der Waals surface area contributed by atoms with Crippen LogP contribution in [0.4, 0.5) is 0 Å². The SMILES string of the molecule is C[C@H](NC(=O)c1ccc(CN2CCC(C(O)(c3ccccc3)c3ccccc3)CC2)[nH]c1=O)c1cccs1. The topological polar surface area (TPSA) is 85.4 Å². The molecular weight excluding hydrogens is 494 g/mol. The zero-order chi connectivity index (χ0) is 26.5. The minimum absolute atomic E-state index is 0.0685. The van der Waals surface area contributed by atoms with Gasteiger partial charge in [0.15, 0.2) is 0 Å². The normalized spacial score (nSPS) is 15.7. The average molecular weight is 528 g/mol. The van der Waals surface area contributed by atoms with Crippen molar-refractivity contribution >= 4 is 17.2 Å². The van der Waals surface area contributed by atoms with Gasteiger partial charge in [-0.1, -0.05) is 66.7 Å². The number of hydrogen-bond acceptors (Lipinski definition) is 5. The van der Waals surface area contributed by atoms with Gasteiger partial charge in [-0.15, -0.1) is 11.3 Å². The van der Waals surface area contributed by atoms with Crippen LogP contribution < -0.4 is 10.9 Å². The number of likely N-dealkylation sites (tertiary alicyclic amines) is 1. The Hall–Kier alpha value is -3.52. The summed E-state index contributed by atoms with van der Waals surface area (Å²) in [6, 6.07) is 27.0. The van der Waals surface area contributed by atoms with Gasteiger partial charge in [0.25, 0.3) is 11.5 Å². The van der Waals surface area contributed by atoms with Gasteiger partial charge >= 0.3 is 0 Å². The van der Waals surface area contributed by atoms with Crippen LogP contribution in [0.1, 0.15) is 57.9 Å². The van der Waals surface area contributed by atoms with Gasteiger partial charge in [-0.3, -0.25) is 14.5 Å². The Kier molecular flexibility index (Phi) is 7.88. The van der Waals surface area contributed by atoms with Crippen LogP contribution in [0.3, 0.4) is 0 Å². The fraction of sp³-hybridized carbons (Fsp3) is 0.290. The van der Waals surface area contributed by atoms with Crippen molar-refractivity contribution in [3.05, 3.63) is 128 Å². The van der Waals surface area contributed by atoms with Crippen LogP contribution in [0, 0.1) is 5.92 Å². The molecule has 4 aromatic rings. The summed E-state index contributed by atoms with van der Waals surface area (Å²) in [6.45, 7) is 4.10. The second-order valence-electron chi connectivity index (χ2n) is 9.99. The predicted octanol–water partition coefficient (Wildman–Crippen LogP) is 5.08. The molecule has 2 aromatic heterocycles. The summed E-state index contributed by atoms with van der Waals surface area (Å²) >= 11 is 1.57. The molecule has 1 aliphatic rings. The fourth-order valence-electron chi connectivity index (χ4n) is 5.44. The third-order valence-electron chi connectivity index (χ3n) is 7.53. The van der Waals surface area contributed by atoms with E-state index in [1.54, 1.807) is 17.4 Å². The van der Waals surface area contributed by atoms with E-state index in [-0.39, 0.29) is 29.0 Å². The molecule has 1 atom stereocenters. The summed E-state index contributed by atoms with van der Waals surface area (Å²) in [5, 5.41) is 17.0. The smallest absolute Gasteiger partial charge is 0.261 e. The number of thiophene rings is 1. The second kappa shape index (κ2) is 11.5.